The number of carbonyl (C=O) groups excluding carboxylic acids is 1. The molecule has 2 rings (SSSR count). The number of methoxy groups -OCH3 is 2. The molecule has 0 aromatic heterocycles. The van der Waals surface area contributed by atoms with Crippen LogP contribution in [-0.2, 0) is 11.3 Å². The predicted molar refractivity (Wildman–Crippen MR) is 103 cm³/mol. The summed E-state index contributed by atoms with van der Waals surface area (Å²) in [6.07, 6.45) is -0.190. The van der Waals surface area contributed by atoms with Crippen LogP contribution in [0.5, 0.6) is 17.2 Å². The van der Waals surface area contributed by atoms with Gasteiger partial charge in [-0.25, -0.2) is 0 Å². The lowest BCUT2D eigenvalue weighted by Crippen LogP contribution is -2.37. The van der Waals surface area contributed by atoms with Crippen molar-refractivity contribution in [2.24, 2.45) is 0 Å². The third-order valence-electron chi connectivity index (χ3n) is 3.77. The Morgan fingerprint density at radius 3 is 2.42 bits per heavy atom. The molecule has 1 amide bonds. The zero-order valence-corrected chi connectivity index (χ0v) is 16.4. The van der Waals surface area contributed by atoms with E-state index < -0.39 is 6.10 Å². The number of nitrogens with one attached hydrogen (secondary N) is 1. The van der Waals surface area contributed by atoms with Gasteiger partial charge in [0.25, 0.3) is 5.91 Å². The summed E-state index contributed by atoms with van der Waals surface area (Å²) in [5.74, 6) is 1.52. The molecule has 0 saturated carbocycles. The predicted octanol–water partition coefficient (Wildman–Crippen LogP) is 4.48. The first-order chi connectivity index (χ1) is 12.5. The lowest BCUT2D eigenvalue weighted by Gasteiger charge is -2.19. The smallest absolute Gasteiger partial charge is 0.261 e. The van der Waals surface area contributed by atoms with Gasteiger partial charge in [-0.05, 0) is 42.8 Å². The first-order valence-corrected chi connectivity index (χ1v) is 8.84. The molecule has 0 heterocycles. The second kappa shape index (κ2) is 9.55. The quantitative estimate of drug-likeness (QED) is 0.712. The molecule has 1 atom stereocenters. The minimum absolute atomic E-state index is 0.247. The third kappa shape index (κ3) is 5.19. The number of ether oxygens (including phenoxy) is 3. The van der Waals surface area contributed by atoms with Gasteiger partial charge < -0.3 is 19.5 Å². The summed E-state index contributed by atoms with van der Waals surface area (Å²) in [5.41, 5.74) is 0.805. The summed E-state index contributed by atoms with van der Waals surface area (Å²) in [7, 11) is 3.16. The van der Waals surface area contributed by atoms with Gasteiger partial charge in [-0.2, -0.15) is 0 Å². The molecular weight excluding hydrogens is 377 g/mol. The Bertz CT molecular complexity index is 767. The fourth-order valence-corrected chi connectivity index (χ4v) is 2.82. The molecule has 0 aliphatic rings. The number of amides is 1. The van der Waals surface area contributed by atoms with Crippen LogP contribution in [0.25, 0.3) is 0 Å². The fourth-order valence-electron chi connectivity index (χ4n) is 2.36. The highest BCUT2D eigenvalue weighted by atomic mass is 35.5. The van der Waals surface area contributed by atoms with E-state index in [1.165, 1.54) is 0 Å². The maximum absolute atomic E-state index is 12.5. The summed E-state index contributed by atoms with van der Waals surface area (Å²) in [5, 5.41) is 3.72. The third-order valence-corrected chi connectivity index (χ3v) is 4.30. The lowest BCUT2D eigenvalue weighted by molar-refractivity contribution is -0.128. The molecule has 0 aliphatic carbocycles. The minimum atomic E-state index is -0.676. The van der Waals surface area contributed by atoms with Gasteiger partial charge in [-0.1, -0.05) is 30.1 Å². The van der Waals surface area contributed by atoms with Crippen LogP contribution in [0.1, 0.15) is 18.9 Å². The van der Waals surface area contributed by atoms with Gasteiger partial charge in [0.2, 0.25) is 0 Å². The van der Waals surface area contributed by atoms with E-state index in [9.17, 15) is 4.79 Å². The highest BCUT2D eigenvalue weighted by Gasteiger charge is 2.20. The second-order valence-corrected chi connectivity index (χ2v) is 6.33. The van der Waals surface area contributed by atoms with E-state index in [2.05, 4.69) is 5.32 Å². The number of halogens is 2. The molecule has 0 bridgehead atoms. The molecule has 1 unspecified atom stereocenters. The van der Waals surface area contributed by atoms with Crippen molar-refractivity contribution in [2.75, 3.05) is 14.2 Å². The van der Waals surface area contributed by atoms with Crippen LogP contribution in [0.15, 0.2) is 36.4 Å². The van der Waals surface area contributed by atoms with E-state index in [1.54, 1.807) is 44.6 Å². The monoisotopic (exact) mass is 397 g/mol. The van der Waals surface area contributed by atoms with Crippen molar-refractivity contribution < 1.29 is 19.0 Å². The van der Waals surface area contributed by atoms with Gasteiger partial charge in [0.15, 0.2) is 6.10 Å². The van der Waals surface area contributed by atoms with Crippen LogP contribution in [-0.4, -0.2) is 26.2 Å². The van der Waals surface area contributed by atoms with Crippen molar-refractivity contribution in [3.63, 3.8) is 0 Å². The molecule has 5 nitrogen and oxygen atoms in total. The van der Waals surface area contributed by atoms with Crippen LogP contribution in [0.2, 0.25) is 10.0 Å². The molecule has 1 N–H and O–H groups in total. The molecule has 0 aliphatic heterocycles. The number of carbonyl (C=O) groups is 1. The molecule has 26 heavy (non-hydrogen) atoms. The molecule has 2 aromatic rings. The maximum atomic E-state index is 12.5. The first-order valence-electron chi connectivity index (χ1n) is 8.08. The van der Waals surface area contributed by atoms with Crippen LogP contribution >= 0.6 is 23.2 Å². The van der Waals surface area contributed by atoms with Gasteiger partial charge in [0.05, 0.1) is 19.2 Å². The SMILES string of the molecule is CCC(Oc1ccc(Cl)cc1Cl)C(=O)NCc1cc(OC)ccc1OC. The molecule has 0 spiro atoms. The lowest BCUT2D eigenvalue weighted by atomic mass is 10.1. The summed E-state index contributed by atoms with van der Waals surface area (Å²) < 4.78 is 16.3. The molecular formula is C19H21Cl2NO4. The average Bonchev–Trinajstić information content (AvgIpc) is 2.65. The summed E-state index contributed by atoms with van der Waals surface area (Å²) in [6, 6.07) is 10.3. The molecule has 0 fully saturated rings. The van der Waals surface area contributed by atoms with Gasteiger partial charge in [0.1, 0.15) is 17.2 Å². The number of rotatable bonds is 8. The van der Waals surface area contributed by atoms with E-state index >= 15 is 0 Å². The normalized spacial score (nSPS) is 11.6. The van der Waals surface area contributed by atoms with Crippen molar-refractivity contribution in [3.8, 4) is 17.2 Å². The van der Waals surface area contributed by atoms with Crippen molar-refractivity contribution in [1.82, 2.24) is 5.32 Å². The second-order valence-electron chi connectivity index (χ2n) is 5.49. The van der Waals surface area contributed by atoms with Gasteiger partial charge in [-0.3, -0.25) is 4.79 Å². The highest BCUT2D eigenvalue weighted by Crippen LogP contribution is 2.29. The standard InChI is InChI=1S/C19H21Cl2NO4/c1-4-16(26-18-7-5-13(20)10-15(18)21)19(23)22-11-12-9-14(24-2)6-8-17(12)25-3/h5-10,16H,4,11H2,1-3H3,(H,22,23). The summed E-state index contributed by atoms with van der Waals surface area (Å²) in [4.78, 5) is 12.5. The molecule has 0 radical (unpaired) electrons. The Kier molecular flexibility index (Phi) is 7.42. The summed E-state index contributed by atoms with van der Waals surface area (Å²) >= 11 is 12.0. The van der Waals surface area contributed by atoms with E-state index in [4.69, 9.17) is 37.4 Å². The zero-order valence-electron chi connectivity index (χ0n) is 14.8. The van der Waals surface area contributed by atoms with Gasteiger partial charge in [0, 0.05) is 17.1 Å². The maximum Gasteiger partial charge on any atom is 0.261 e. The summed E-state index contributed by atoms with van der Waals surface area (Å²) in [6.45, 7) is 2.15. The van der Waals surface area contributed by atoms with Crippen molar-refractivity contribution >= 4 is 29.1 Å². The Morgan fingerprint density at radius 2 is 1.81 bits per heavy atom. The van der Waals surface area contributed by atoms with E-state index in [-0.39, 0.29) is 12.5 Å². The average molecular weight is 398 g/mol. The topological polar surface area (TPSA) is 56.8 Å². The van der Waals surface area contributed by atoms with Crippen LogP contribution in [0.3, 0.4) is 0 Å². The molecule has 0 saturated heterocycles. The number of hydrogen-bond acceptors (Lipinski definition) is 4. The zero-order chi connectivity index (χ0) is 19.1. The largest absolute Gasteiger partial charge is 0.497 e. The fraction of sp³-hybridized carbons (Fsp3) is 0.316. The van der Waals surface area contributed by atoms with Gasteiger partial charge in [-0.15, -0.1) is 0 Å². The van der Waals surface area contributed by atoms with E-state index in [1.807, 2.05) is 13.0 Å². The van der Waals surface area contributed by atoms with Crippen molar-refractivity contribution in [2.45, 2.75) is 26.0 Å². The number of hydrogen-bond donors (Lipinski definition) is 1. The Hall–Kier alpha value is -2.11. The van der Waals surface area contributed by atoms with E-state index in [0.717, 1.165) is 5.56 Å². The minimum Gasteiger partial charge on any atom is -0.497 e. The highest BCUT2D eigenvalue weighted by molar-refractivity contribution is 6.35. The Morgan fingerprint density at radius 1 is 1.08 bits per heavy atom. The van der Waals surface area contributed by atoms with Crippen molar-refractivity contribution in [3.05, 3.63) is 52.0 Å². The van der Waals surface area contributed by atoms with Crippen molar-refractivity contribution in [1.29, 1.82) is 0 Å². The molecule has 140 valence electrons. The van der Waals surface area contributed by atoms with Crippen LogP contribution in [0, 0.1) is 0 Å². The van der Waals surface area contributed by atoms with Crippen LogP contribution < -0.4 is 19.5 Å². The molecule has 2 aromatic carbocycles. The van der Waals surface area contributed by atoms with Crippen LogP contribution in [0.4, 0.5) is 0 Å². The number of benzene rings is 2. The van der Waals surface area contributed by atoms with E-state index in [0.29, 0.717) is 33.7 Å². The molecule has 7 heteroatoms. The van der Waals surface area contributed by atoms with Gasteiger partial charge >= 0.3 is 0 Å². The Labute approximate surface area is 163 Å². The Balaban J connectivity index is 2.05. The first kappa shape index (κ1) is 20.2.